The van der Waals surface area contributed by atoms with Gasteiger partial charge in [-0.3, -0.25) is 0 Å². The molecule has 2 aliphatic heterocycles. The Kier molecular flexibility index (Phi) is 1.94. The standard InChI is InChI=1S/C10H15N3OS/c1-12-5-10(6-12)2-3-13(7-10)9-11-8(14)4-15-9/h4,14H,2-3,5-7H2,1H3. The summed E-state index contributed by atoms with van der Waals surface area (Å²) >= 11 is 1.53. The van der Waals surface area contributed by atoms with Crippen molar-refractivity contribution in [2.45, 2.75) is 6.42 Å². The van der Waals surface area contributed by atoms with Crippen LogP contribution in [-0.4, -0.2) is 48.2 Å². The molecule has 1 N–H and O–H groups in total. The van der Waals surface area contributed by atoms with E-state index < -0.39 is 0 Å². The molecule has 0 saturated carbocycles. The molecule has 1 aromatic heterocycles. The quantitative estimate of drug-likeness (QED) is 0.773. The van der Waals surface area contributed by atoms with Crippen molar-refractivity contribution < 1.29 is 5.11 Å². The highest BCUT2D eigenvalue weighted by Gasteiger charge is 2.46. The molecule has 82 valence electrons. The third-order valence-electron chi connectivity index (χ3n) is 3.40. The van der Waals surface area contributed by atoms with Crippen molar-refractivity contribution in [3.05, 3.63) is 5.38 Å². The molecule has 3 heterocycles. The van der Waals surface area contributed by atoms with Crippen LogP contribution in [0.4, 0.5) is 5.13 Å². The van der Waals surface area contributed by atoms with E-state index in [9.17, 15) is 5.11 Å². The lowest BCUT2D eigenvalue weighted by Crippen LogP contribution is -2.55. The molecule has 4 nitrogen and oxygen atoms in total. The molecule has 15 heavy (non-hydrogen) atoms. The van der Waals surface area contributed by atoms with Gasteiger partial charge in [0.25, 0.3) is 0 Å². The Bertz CT molecular complexity index is 372. The second kappa shape index (κ2) is 3.09. The largest absolute Gasteiger partial charge is 0.493 e. The molecule has 0 bridgehead atoms. The Hall–Kier alpha value is -0.810. The maximum Gasteiger partial charge on any atom is 0.223 e. The lowest BCUT2D eigenvalue weighted by molar-refractivity contribution is 0.0424. The summed E-state index contributed by atoms with van der Waals surface area (Å²) in [7, 11) is 2.17. The first-order chi connectivity index (χ1) is 7.17. The van der Waals surface area contributed by atoms with Crippen LogP contribution in [0.15, 0.2) is 5.38 Å². The van der Waals surface area contributed by atoms with Crippen LogP contribution in [0.1, 0.15) is 6.42 Å². The van der Waals surface area contributed by atoms with Gasteiger partial charge in [-0.15, -0.1) is 11.3 Å². The topological polar surface area (TPSA) is 39.6 Å². The number of anilines is 1. The van der Waals surface area contributed by atoms with Crippen LogP contribution in [0.25, 0.3) is 0 Å². The van der Waals surface area contributed by atoms with E-state index in [0.717, 1.165) is 18.2 Å². The average Bonchev–Trinajstić information content (AvgIpc) is 2.71. The lowest BCUT2D eigenvalue weighted by Gasteiger charge is -2.46. The third-order valence-corrected chi connectivity index (χ3v) is 4.29. The minimum atomic E-state index is 0.154. The van der Waals surface area contributed by atoms with Crippen molar-refractivity contribution in [1.29, 1.82) is 0 Å². The van der Waals surface area contributed by atoms with Crippen LogP contribution >= 0.6 is 11.3 Å². The van der Waals surface area contributed by atoms with Crippen molar-refractivity contribution in [1.82, 2.24) is 9.88 Å². The smallest absolute Gasteiger partial charge is 0.223 e. The Morgan fingerprint density at radius 3 is 2.87 bits per heavy atom. The summed E-state index contributed by atoms with van der Waals surface area (Å²) in [5, 5.41) is 11.9. The van der Waals surface area contributed by atoms with E-state index in [0.29, 0.717) is 5.41 Å². The zero-order valence-corrected chi connectivity index (χ0v) is 9.63. The second-order valence-electron chi connectivity index (χ2n) is 4.83. The molecule has 1 spiro atoms. The van der Waals surface area contributed by atoms with Crippen molar-refractivity contribution in [3.63, 3.8) is 0 Å². The molecular weight excluding hydrogens is 210 g/mol. The van der Waals surface area contributed by atoms with Crippen molar-refractivity contribution >= 4 is 16.5 Å². The zero-order chi connectivity index (χ0) is 10.5. The van der Waals surface area contributed by atoms with E-state index >= 15 is 0 Å². The first-order valence-electron chi connectivity index (χ1n) is 5.25. The number of hydrogen-bond acceptors (Lipinski definition) is 5. The van der Waals surface area contributed by atoms with Crippen LogP contribution in [0.3, 0.4) is 0 Å². The number of nitrogens with zero attached hydrogens (tertiary/aromatic N) is 3. The van der Waals surface area contributed by atoms with E-state index in [2.05, 4.69) is 21.8 Å². The van der Waals surface area contributed by atoms with Crippen LogP contribution in [0.5, 0.6) is 5.88 Å². The summed E-state index contributed by atoms with van der Waals surface area (Å²) in [6.45, 7) is 4.60. The van der Waals surface area contributed by atoms with Gasteiger partial charge >= 0.3 is 0 Å². The van der Waals surface area contributed by atoms with Crippen molar-refractivity contribution in [2.24, 2.45) is 5.41 Å². The molecule has 5 heteroatoms. The molecule has 3 rings (SSSR count). The van der Waals surface area contributed by atoms with Gasteiger partial charge in [0.1, 0.15) is 0 Å². The minimum absolute atomic E-state index is 0.154. The monoisotopic (exact) mass is 225 g/mol. The first kappa shape index (κ1) is 9.42. The maximum atomic E-state index is 9.22. The van der Waals surface area contributed by atoms with E-state index in [1.54, 1.807) is 5.38 Å². The molecule has 2 saturated heterocycles. The van der Waals surface area contributed by atoms with Crippen molar-refractivity contribution in [3.8, 4) is 5.88 Å². The highest BCUT2D eigenvalue weighted by atomic mass is 32.1. The van der Waals surface area contributed by atoms with Crippen molar-refractivity contribution in [2.75, 3.05) is 38.1 Å². The maximum absolute atomic E-state index is 9.22. The molecule has 0 atom stereocenters. The zero-order valence-electron chi connectivity index (χ0n) is 8.81. The van der Waals surface area contributed by atoms with Gasteiger partial charge in [0.05, 0.1) is 5.38 Å². The van der Waals surface area contributed by atoms with Crippen LogP contribution in [0, 0.1) is 5.41 Å². The molecular formula is C10H15N3OS. The Morgan fingerprint density at radius 1 is 1.47 bits per heavy atom. The molecule has 0 amide bonds. The second-order valence-corrected chi connectivity index (χ2v) is 5.67. The fourth-order valence-electron chi connectivity index (χ4n) is 2.86. The van der Waals surface area contributed by atoms with Gasteiger partial charge in [0.15, 0.2) is 5.13 Å². The molecule has 0 unspecified atom stereocenters. The molecule has 0 aromatic carbocycles. The van der Waals surface area contributed by atoms with E-state index in [-0.39, 0.29) is 5.88 Å². The number of thiazole rings is 1. The fraction of sp³-hybridized carbons (Fsp3) is 0.700. The summed E-state index contributed by atoms with van der Waals surface area (Å²) in [4.78, 5) is 8.79. The Balaban J connectivity index is 1.71. The number of hydrogen-bond donors (Lipinski definition) is 1. The van der Waals surface area contributed by atoms with Crippen LogP contribution in [0.2, 0.25) is 0 Å². The predicted octanol–water partition coefficient (Wildman–Crippen LogP) is 0.991. The Labute approximate surface area is 93.1 Å². The van der Waals surface area contributed by atoms with E-state index in [4.69, 9.17) is 0 Å². The molecule has 1 aromatic rings. The van der Waals surface area contributed by atoms with Gasteiger partial charge in [-0.2, -0.15) is 4.98 Å². The number of aromatic nitrogens is 1. The fourth-order valence-corrected chi connectivity index (χ4v) is 3.57. The summed E-state index contributed by atoms with van der Waals surface area (Å²) in [5.74, 6) is 0.154. The van der Waals surface area contributed by atoms with Gasteiger partial charge in [0, 0.05) is 31.6 Å². The van der Waals surface area contributed by atoms with Gasteiger partial charge in [-0.25, -0.2) is 0 Å². The lowest BCUT2D eigenvalue weighted by atomic mass is 9.80. The van der Waals surface area contributed by atoms with Gasteiger partial charge in [-0.05, 0) is 13.5 Å². The summed E-state index contributed by atoms with van der Waals surface area (Å²) in [5.41, 5.74) is 0.510. The Morgan fingerprint density at radius 2 is 2.27 bits per heavy atom. The highest BCUT2D eigenvalue weighted by Crippen LogP contribution is 2.41. The first-order valence-corrected chi connectivity index (χ1v) is 6.13. The van der Waals surface area contributed by atoms with Crippen LogP contribution < -0.4 is 4.90 Å². The molecule has 0 aliphatic carbocycles. The highest BCUT2D eigenvalue weighted by molar-refractivity contribution is 7.13. The van der Waals surface area contributed by atoms with Gasteiger partial charge < -0.3 is 14.9 Å². The van der Waals surface area contributed by atoms with E-state index in [1.807, 2.05) is 0 Å². The minimum Gasteiger partial charge on any atom is -0.493 e. The predicted molar refractivity (Wildman–Crippen MR) is 60.5 cm³/mol. The summed E-state index contributed by atoms with van der Waals surface area (Å²) < 4.78 is 0. The van der Waals surface area contributed by atoms with Gasteiger partial charge in [-0.1, -0.05) is 0 Å². The molecule has 2 fully saturated rings. The van der Waals surface area contributed by atoms with Crippen LogP contribution in [-0.2, 0) is 0 Å². The van der Waals surface area contributed by atoms with E-state index in [1.165, 1.54) is 30.8 Å². The average molecular weight is 225 g/mol. The van der Waals surface area contributed by atoms with Gasteiger partial charge in [0.2, 0.25) is 5.88 Å². The number of rotatable bonds is 1. The number of likely N-dealkylation sites (tertiary alicyclic amines) is 1. The number of aromatic hydroxyl groups is 1. The normalized spacial score (nSPS) is 24.7. The molecule has 2 aliphatic rings. The molecule has 0 radical (unpaired) electrons. The SMILES string of the molecule is CN1CC2(CCN(c3nc(O)cs3)C2)C1. The summed E-state index contributed by atoms with van der Waals surface area (Å²) in [6, 6.07) is 0. The third kappa shape index (κ3) is 1.50. The summed E-state index contributed by atoms with van der Waals surface area (Å²) in [6.07, 6.45) is 1.26.